The highest BCUT2D eigenvalue weighted by molar-refractivity contribution is 7.93. The van der Waals surface area contributed by atoms with Gasteiger partial charge in [-0.2, -0.15) is 5.26 Å². The standard InChI is InChI=1S/C14H17N3O2S/c1-3-14(10-16)20(18,19)17-13-7-6-12(5-4-8-15)11(2)9-13/h6-7,9,14,17H,3,8,15H2,1-2H3. The molecule has 1 rings (SSSR count). The Morgan fingerprint density at radius 3 is 2.65 bits per heavy atom. The molecular weight excluding hydrogens is 274 g/mol. The van der Waals surface area contributed by atoms with E-state index in [0.717, 1.165) is 11.1 Å². The van der Waals surface area contributed by atoms with Crippen molar-refractivity contribution >= 4 is 15.7 Å². The molecule has 20 heavy (non-hydrogen) atoms. The van der Waals surface area contributed by atoms with Crippen molar-refractivity contribution in [3.8, 4) is 17.9 Å². The minimum Gasteiger partial charge on any atom is -0.320 e. The van der Waals surface area contributed by atoms with Crippen molar-refractivity contribution in [3.63, 3.8) is 0 Å². The summed E-state index contributed by atoms with van der Waals surface area (Å²) in [6.07, 6.45) is 0.241. The molecule has 1 unspecified atom stereocenters. The van der Waals surface area contributed by atoms with Gasteiger partial charge in [0.2, 0.25) is 10.0 Å². The van der Waals surface area contributed by atoms with Crippen LogP contribution in [0.4, 0.5) is 5.69 Å². The van der Waals surface area contributed by atoms with Crippen LogP contribution in [0.25, 0.3) is 0 Å². The average molecular weight is 291 g/mol. The Labute approximate surface area is 119 Å². The van der Waals surface area contributed by atoms with Crippen LogP contribution in [0.1, 0.15) is 24.5 Å². The highest BCUT2D eigenvalue weighted by Gasteiger charge is 2.23. The summed E-state index contributed by atoms with van der Waals surface area (Å²) in [6.45, 7) is 3.76. The fourth-order valence-corrected chi connectivity index (χ4v) is 2.80. The summed E-state index contributed by atoms with van der Waals surface area (Å²) >= 11 is 0. The fraction of sp³-hybridized carbons (Fsp3) is 0.357. The highest BCUT2D eigenvalue weighted by Crippen LogP contribution is 2.17. The van der Waals surface area contributed by atoms with Crippen molar-refractivity contribution < 1.29 is 8.42 Å². The quantitative estimate of drug-likeness (QED) is 0.818. The highest BCUT2D eigenvalue weighted by atomic mass is 32.2. The summed E-state index contributed by atoms with van der Waals surface area (Å²) in [5.41, 5.74) is 7.37. The van der Waals surface area contributed by atoms with Gasteiger partial charge < -0.3 is 5.73 Å². The number of anilines is 1. The van der Waals surface area contributed by atoms with E-state index in [1.165, 1.54) is 0 Å². The lowest BCUT2D eigenvalue weighted by molar-refractivity contribution is 0.593. The molecule has 0 aliphatic carbocycles. The molecule has 0 bridgehead atoms. The van der Waals surface area contributed by atoms with Crippen LogP contribution in [-0.2, 0) is 10.0 Å². The second-order valence-corrected chi connectivity index (χ2v) is 6.07. The van der Waals surface area contributed by atoms with E-state index >= 15 is 0 Å². The van der Waals surface area contributed by atoms with E-state index in [9.17, 15) is 8.42 Å². The molecule has 0 aromatic heterocycles. The van der Waals surface area contributed by atoms with Gasteiger partial charge in [0.05, 0.1) is 12.6 Å². The van der Waals surface area contributed by atoms with Gasteiger partial charge in [-0.25, -0.2) is 8.42 Å². The summed E-state index contributed by atoms with van der Waals surface area (Å²) < 4.78 is 26.3. The number of nitriles is 1. The predicted molar refractivity (Wildman–Crippen MR) is 79.3 cm³/mol. The molecular formula is C14H17N3O2S. The molecule has 0 amide bonds. The largest absolute Gasteiger partial charge is 0.320 e. The Morgan fingerprint density at radius 1 is 1.45 bits per heavy atom. The molecule has 1 aromatic rings. The van der Waals surface area contributed by atoms with Crippen LogP contribution in [0.5, 0.6) is 0 Å². The SMILES string of the molecule is CCC(C#N)S(=O)(=O)Nc1ccc(C#CCN)c(C)c1. The van der Waals surface area contributed by atoms with Gasteiger partial charge in [0.1, 0.15) is 0 Å². The molecule has 0 saturated heterocycles. The van der Waals surface area contributed by atoms with Gasteiger partial charge in [-0.3, -0.25) is 4.72 Å². The van der Waals surface area contributed by atoms with Gasteiger partial charge in [-0.1, -0.05) is 18.8 Å². The minimum atomic E-state index is -3.69. The third kappa shape index (κ3) is 3.99. The Kier molecular flexibility index (Phi) is 5.57. The molecule has 0 fully saturated rings. The van der Waals surface area contributed by atoms with Crippen molar-refractivity contribution in [2.24, 2.45) is 5.73 Å². The topological polar surface area (TPSA) is 96.0 Å². The first kappa shape index (κ1) is 16.0. The van der Waals surface area contributed by atoms with Crippen LogP contribution in [0.15, 0.2) is 18.2 Å². The maximum Gasteiger partial charge on any atom is 0.249 e. The Balaban J connectivity index is 3.01. The lowest BCUT2D eigenvalue weighted by Crippen LogP contribution is -2.25. The summed E-state index contributed by atoms with van der Waals surface area (Å²) in [5, 5.41) is 7.78. The van der Waals surface area contributed by atoms with Gasteiger partial charge in [0.25, 0.3) is 0 Å². The molecule has 1 atom stereocenters. The summed E-state index contributed by atoms with van der Waals surface area (Å²) in [6, 6.07) is 6.81. The molecule has 3 N–H and O–H groups in total. The predicted octanol–water partition coefficient (Wildman–Crippen LogP) is 1.35. The van der Waals surface area contributed by atoms with Crippen LogP contribution in [0.2, 0.25) is 0 Å². The number of hydrogen-bond acceptors (Lipinski definition) is 4. The third-order valence-electron chi connectivity index (χ3n) is 2.70. The zero-order valence-corrected chi connectivity index (χ0v) is 12.3. The molecule has 0 radical (unpaired) electrons. The zero-order valence-electron chi connectivity index (χ0n) is 11.5. The first-order valence-electron chi connectivity index (χ1n) is 6.15. The van der Waals surface area contributed by atoms with E-state index in [-0.39, 0.29) is 13.0 Å². The number of benzene rings is 1. The number of rotatable bonds is 4. The van der Waals surface area contributed by atoms with Crippen molar-refractivity contribution in [2.45, 2.75) is 25.5 Å². The molecule has 5 nitrogen and oxygen atoms in total. The first-order valence-corrected chi connectivity index (χ1v) is 7.70. The normalized spacial score (nSPS) is 11.9. The molecule has 0 aliphatic rings. The number of nitrogens with two attached hydrogens (primary N) is 1. The van der Waals surface area contributed by atoms with Crippen LogP contribution < -0.4 is 10.5 Å². The number of aryl methyl sites for hydroxylation is 1. The minimum absolute atomic E-state index is 0.241. The number of hydrogen-bond donors (Lipinski definition) is 2. The summed E-state index contributed by atoms with van der Waals surface area (Å²) in [4.78, 5) is 0. The van der Waals surface area contributed by atoms with Gasteiger partial charge >= 0.3 is 0 Å². The van der Waals surface area contributed by atoms with Crippen molar-refractivity contribution in [1.29, 1.82) is 5.26 Å². The van der Waals surface area contributed by atoms with Crippen LogP contribution in [-0.4, -0.2) is 20.2 Å². The van der Waals surface area contributed by atoms with Crippen LogP contribution in [0, 0.1) is 30.1 Å². The number of sulfonamides is 1. The van der Waals surface area contributed by atoms with Gasteiger partial charge in [-0.05, 0) is 37.1 Å². The molecule has 0 saturated carbocycles. The fourth-order valence-electron chi connectivity index (χ4n) is 1.63. The molecule has 0 aliphatic heterocycles. The second-order valence-electron chi connectivity index (χ2n) is 4.21. The van der Waals surface area contributed by atoms with E-state index < -0.39 is 15.3 Å². The average Bonchev–Trinajstić information content (AvgIpc) is 2.38. The molecule has 6 heteroatoms. The Bertz CT molecular complexity index is 679. The monoisotopic (exact) mass is 291 g/mol. The first-order chi connectivity index (χ1) is 9.44. The van der Waals surface area contributed by atoms with Gasteiger partial charge in [0, 0.05) is 11.3 Å². The maximum atomic E-state index is 12.0. The van der Waals surface area contributed by atoms with E-state index in [1.54, 1.807) is 31.2 Å². The van der Waals surface area contributed by atoms with Crippen LogP contribution >= 0.6 is 0 Å². The van der Waals surface area contributed by atoms with Crippen molar-refractivity contribution in [2.75, 3.05) is 11.3 Å². The molecule has 106 valence electrons. The van der Waals surface area contributed by atoms with Crippen molar-refractivity contribution in [3.05, 3.63) is 29.3 Å². The number of nitrogens with one attached hydrogen (secondary N) is 1. The number of nitrogens with zero attached hydrogens (tertiary/aromatic N) is 1. The third-order valence-corrected chi connectivity index (χ3v) is 4.41. The lowest BCUT2D eigenvalue weighted by atomic mass is 10.1. The van der Waals surface area contributed by atoms with Gasteiger partial charge in [0.15, 0.2) is 5.25 Å². The lowest BCUT2D eigenvalue weighted by Gasteiger charge is -2.12. The van der Waals surface area contributed by atoms with E-state index in [4.69, 9.17) is 11.0 Å². The van der Waals surface area contributed by atoms with E-state index in [2.05, 4.69) is 16.6 Å². The molecule has 1 aromatic carbocycles. The van der Waals surface area contributed by atoms with E-state index in [1.807, 2.05) is 6.92 Å². The van der Waals surface area contributed by atoms with Gasteiger partial charge in [-0.15, -0.1) is 0 Å². The Hall–Kier alpha value is -2.02. The smallest absolute Gasteiger partial charge is 0.249 e. The summed E-state index contributed by atoms with van der Waals surface area (Å²) in [5.74, 6) is 5.65. The Morgan fingerprint density at radius 2 is 2.15 bits per heavy atom. The van der Waals surface area contributed by atoms with Crippen molar-refractivity contribution in [1.82, 2.24) is 0 Å². The summed E-state index contributed by atoms with van der Waals surface area (Å²) in [7, 11) is -3.69. The molecule has 0 heterocycles. The second kappa shape index (κ2) is 6.95. The molecule has 0 spiro atoms. The van der Waals surface area contributed by atoms with Crippen LogP contribution in [0.3, 0.4) is 0 Å². The van der Waals surface area contributed by atoms with E-state index in [0.29, 0.717) is 5.69 Å². The zero-order chi connectivity index (χ0) is 15.2. The maximum absolute atomic E-state index is 12.0.